The van der Waals surface area contributed by atoms with Gasteiger partial charge in [0.15, 0.2) is 0 Å². The molecule has 0 spiro atoms. The lowest BCUT2D eigenvalue weighted by atomic mass is 10.0. The largest absolute Gasteiger partial charge is 0.355 e. The number of carbonyl (C=O) groups excluding carboxylic acids is 1. The maximum Gasteiger partial charge on any atom is 0.224 e. The van der Waals surface area contributed by atoms with Crippen LogP contribution in [0, 0.1) is 0 Å². The lowest BCUT2D eigenvalue weighted by Crippen LogP contribution is -2.24. The molecule has 1 aromatic rings. The zero-order chi connectivity index (χ0) is 9.26. The Morgan fingerprint density at radius 1 is 1.31 bits per heavy atom. The maximum atomic E-state index is 11.2. The number of amides is 1. The number of rotatable bonds is 0. The Labute approximate surface area is 85.5 Å². The molecule has 0 atom stereocenters. The SMILES string of the molecule is O=C1Cc2cc(Br)ccc2CCN1. The molecule has 1 aliphatic heterocycles. The van der Waals surface area contributed by atoms with E-state index in [9.17, 15) is 4.79 Å². The van der Waals surface area contributed by atoms with Gasteiger partial charge < -0.3 is 5.32 Å². The van der Waals surface area contributed by atoms with Gasteiger partial charge in [0.1, 0.15) is 0 Å². The molecule has 0 fully saturated rings. The topological polar surface area (TPSA) is 29.1 Å². The van der Waals surface area contributed by atoms with Crippen molar-refractivity contribution >= 4 is 21.8 Å². The Kier molecular flexibility index (Phi) is 2.36. The molecule has 0 aromatic heterocycles. The molecule has 3 heteroatoms. The Bertz CT molecular complexity index is 349. The van der Waals surface area contributed by atoms with Crippen LogP contribution in [0.5, 0.6) is 0 Å². The summed E-state index contributed by atoms with van der Waals surface area (Å²) in [6.07, 6.45) is 1.45. The summed E-state index contributed by atoms with van der Waals surface area (Å²) in [5, 5.41) is 2.86. The van der Waals surface area contributed by atoms with E-state index in [2.05, 4.69) is 27.3 Å². The van der Waals surface area contributed by atoms with E-state index < -0.39 is 0 Å². The number of nitrogens with one attached hydrogen (secondary N) is 1. The molecule has 0 radical (unpaired) electrons. The standard InChI is InChI=1S/C10H10BrNO/c11-9-2-1-7-3-4-12-10(13)6-8(7)5-9/h1-2,5H,3-4,6H2,(H,12,13). The van der Waals surface area contributed by atoms with Crippen LogP contribution in [0.15, 0.2) is 22.7 Å². The third kappa shape index (κ3) is 1.91. The lowest BCUT2D eigenvalue weighted by Gasteiger charge is -2.03. The van der Waals surface area contributed by atoms with Gasteiger partial charge in [-0.3, -0.25) is 4.79 Å². The molecule has 2 nitrogen and oxygen atoms in total. The van der Waals surface area contributed by atoms with Gasteiger partial charge in [-0.25, -0.2) is 0 Å². The molecule has 0 unspecified atom stereocenters. The van der Waals surface area contributed by atoms with Gasteiger partial charge in [-0.1, -0.05) is 22.0 Å². The fourth-order valence-corrected chi connectivity index (χ4v) is 1.98. The zero-order valence-electron chi connectivity index (χ0n) is 7.14. The highest BCUT2D eigenvalue weighted by molar-refractivity contribution is 9.10. The summed E-state index contributed by atoms with van der Waals surface area (Å²) in [4.78, 5) is 11.2. The minimum atomic E-state index is 0.122. The molecule has 1 heterocycles. The van der Waals surface area contributed by atoms with Crippen LogP contribution in [0.4, 0.5) is 0 Å². The quantitative estimate of drug-likeness (QED) is 0.734. The van der Waals surface area contributed by atoms with E-state index >= 15 is 0 Å². The molecule has 13 heavy (non-hydrogen) atoms. The molecule has 0 bridgehead atoms. The van der Waals surface area contributed by atoms with Gasteiger partial charge in [0.05, 0.1) is 6.42 Å². The highest BCUT2D eigenvalue weighted by Crippen LogP contribution is 2.18. The fraction of sp³-hybridized carbons (Fsp3) is 0.300. The number of hydrogen-bond acceptors (Lipinski definition) is 1. The van der Waals surface area contributed by atoms with Crippen molar-refractivity contribution in [2.45, 2.75) is 12.8 Å². The summed E-state index contributed by atoms with van der Waals surface area (Å²) in [5.41, 5.74) is 2.42. The van der Waals surface area contributed by atoms with Gasteiger partial charge in [-0.2, -0.15) is 0 Å². The van der Waals surface area contributed by atoms with Crippen LogP contribution in [0.1, 0.15) is 11.1 Å². The Hall–Kier alpha value is -0.830. The summed E-state index contributed by atoms with van der Waals surface area (Å²) in [5.74, 6) is 0.122. The number of carbonyl (C=O) groups is 1. The van der Waals surface area contributed by atoms with E-state index in [0.717, 1.165) is 23.0 Å². The van der Waals surface area contributed by atoms with Crippen molar-refractivity contribution in [3.63, 3.8) is 0 Å². The summed E-state index contributed by atoms with van der Waals surface area (Å²) in [6, 6.07) is 6.13. The van der Waals surface area contributed by atoms with Crippen molar-refractivity contribution in [1.29, 1.82) is 0 Å². The first-order chi connectivity index (χ1) is 6.25. The Balaban J connectivity index is 2.40. The van der Waals surface area contributed by atoms with Crippen molar-refractivity contribution in [3.8, 4) is 0 Å². The van der Waals surface area contributed by atoms with Gasteiger partial charge in [-0.05, 0) is 29.7 Å². The first-order valence-corrected chi connectivity index (χ1v) is 5.09. The van der Waals surface area contributed by atoms with Crippen LogP contribution in [-0.4, -0.2) is 12.5 Å². The van der Waals surface area contributed by atoms with E-state index in [-0.39, 0.29) is 5.91 Å². The third-order valence-electron chi connectivity index (χ3n) is 2.24. The monoisotopic (exact) mass is 239 g/mol. The summed E-state index contributed by atoms with van der Waals surface area (Å²) >= 11 is 3.40. The van der Waals surface area contributed by atoms with Crippen molar-refractivity contribution in [1.82, 2.24) is 5.32 Å². The molecular weight excluding hydrogens is 230 g/mol. The Morgan fingerprint density at radius 2 is 2.15 bits per heavy atom. The summed E-state index contributed by atoms with van der Waals surface area (Å²) in [6.45, 7) is 0.757. The van der Waals surface area contributed by atoms with E-state index in [1.807, 2.05) is 12.1 Å². The smallest absolute Gasteiger partial charge is 0.224 e. The minimum Gasteiger partial charge on any atom is -0.355 e. The van der Waals surface area contributed by atoms with Crippen LogP contribution in [-0.2, 0) is 17.6 Å². The highest BCUT2D eigenvalue weighted by atomic mass is 79.9. The van der Waals surface area contributed by atoms with Crippen molar-refractivity contribution in [2.75, 3.05) is 6.54 Å². The van der Waals surface area contributed by atoms with Crippen molar-refractivity contribution < 1.29 is 4.79 Å². The molecule has 1 amide bonds. The minimum absolute atomic E-state index is 0.122. The molecule has 2 rings (SSSR count). The Morgan fingerprint density at radius 3 is 3.00 bits per heavy atom. The van der Waals surface area contributed by atoms with E-state index in [1.54, 1.807) is 0 Å². The maximum absolute atomic E-state index is 11.2. The molecule has 1 N–H and O–H groups in total. The second-order valence-corrected chi connectivity index (χ2v) is 4.11. The second kappa shape index (κ2) is 3.50. The number of fused-ring (bicyclic) bond motifs is 1. The van der Waals surface area contributed by atoms with Gasteiger partial charge in [-0.15, -0.1) is 0 Å². The van der Waals surface area contributed by atoms with Crippen LogP contribution in [0.2, 0.25) is 0 Å². The van der Waals surface area contributed by atoms with Crippen LogP contribution in [0.3, 0.4) is 0 Å². The first-order valence-electron chi connectivity index (χ1n) is 4.30. The van der Waals surface area contributed by atoms with E-state index in [0.29, 0.717) is 6.42 Å². The van der Waals surface area contributed by atoms with Crippen molar-refractivity contribution in [3.05, 3.63) is 33.8 Å². The van der Waals surface area contributed by atoms with Gasteiger partial charge >= 0.3 is 0 Å². The van der Waals surface area contributed by atoms with Gasteiger partial charge in [0.2, 0.25) is 5.91 Å². The fourth-order valence-electron chi connectivity index (χ4n) is 1.58. The lowest BCUT2D eigenvalue weighted by molar-refractivity contribution is -0.120. The number of benzene rings is 1. The average molecular weight is 240 g/mol. The van der Waals surface area contributed by atoms with Gasteiger partial charge in [0, 0.05) is 11.0 Å². The molecule has 0 aliphatic carbocycles. The predicted molar refractivity (Wildman–Crippen MR) is 54.6 cm³/mol. The molecule has 0 saturated carbocycles. The summed E-state index contributed by atoms with van der Waals surface area (Å²) < 4.78 is 1.04. The van der Waals surface area contributed by atoms with Crippen LogP contribution in [0.25, 0.3) is 0 Å². The number of hydrogen-bond donors (Lipinski definition) is 1. The van der Waals surface area contributed by atoms with Crippen molar-refractivity contribution in [2.24, 2.45) is 0 Å². The van der Waals surface area contributed by atoms with Crippen LogP contribution < -0.4 is 5.32 Å². The van der Waals surface area contributed by atoms with Crippen LogP contribution >= 0.6 is 15.9 Å². The summed E-state index contributed by atoms with van der Waals surface area (Å²) in [7, 11) is 0. The molecule has 1 aliphatic rings. The van der Waals surface area contributed by atoms with E-state index in [4.69, 9.17) is 0 Å². The molecular formula is C10H10BrNO. The first kappa shape index (κ1) is 8.75. The molecule has 1 aromatic carbocycles. The average Bonchev–Trinajstić information content (AvgIpc) is 2.25. The number of halogens is 1. The predicted octanol–water partition coefficient (Wildman–Crippen LogP) is 1.66. The van der Waals surface area contributed by atoms with E-state index in [1.165, 1.54) is 5.56 Å². The third-order valence-corrected chi connectivity index (χ3v) is 2.73. The molecule has 68 valence electrons. The highest BCUT2D eigenvalue weighted by Gasteiger charge is 2.12. The van der Waals surface area contributed by atoms with Gasteiger partial charge in [0.25, 0.3) is 0 Å². The second-order valence-electron chi connectivity index (χ2n) is 3.19. The normalized spacial score (nSPS) is 15.9. The zero-order valence-corrected chi connectivity index (χ0v) is 8.73. The molecule has 0 saturated heterocycles.